The molecule has 5 rings (SSSR count). The molecule has 4 atom stereocenters. The van der Waals surface area contributed by atoms with Gasteiger partial charge in [-0.2, -0.15) is 0 Å². The zero-order chi connectivity index (χ0) is 23.5. The van der Waals surface area contributed by atoms with Gasteiger partial charge in [0.1, 0.15) is 18.3 Å². The third kappa shape index (κ3) is 5.24. The Balaban J connectivity index is 0.994. The summed E-state index contributed by atoms with van der Waals surface area (Å²) in [5.41, 5.74) is 5.16. The zero-order valence-electron chi connectivity index (χ0n) is 20.5. The SMILES string of the molecule is CC1(C)O[C@H]2O[C@H](CNCCCCCCNc3c4c(nc5ccccc35)CCCC4)[C@H](O)[C@H]2O1. The maximum absolute atomic E-state index is 10.4. The highest BCUT2D eigenvalue weighted by Crippen LogP contribution is 2.37. The minimum atomic E-state index is -0.687. The Bertz CT molecular complexity index is 982. The summed E-state index contributed by atoms with van der Waals surface area (Å²) in [5, 5.41) is 18.9. The van der Waals surface area contributed by atoms with E-state index in [1.54, 1.807) is 0 Å². The number of anilines is 1. The largest absolute Gasteiger partial charge is 0.387 e. The predicted octanol–water partition coefficient (Wildman–Crippen LogP) is 3.91. The molecule has 0 amide bonds. The van der Waals surface area contributed by atoms with Gasteiger partial charge in [0, 0.05) is 29.9 Å². The fourth-order valence-corrected chi connectivity index (χ4v) is 5.49. The monoisotopic (exact) mass is 469 g/mol. The Kier molecular flexibility index (Phi) is 7.37. The van der Waals surface area contributed by atoms with Crippen LogP contribution in [0.15, 0.2) is 24.3 Å². The third-order valence-corrected chi connectivity index (χ3v) is 7.21. The van der Waals surface area contributed by atoms with Crippen molar-refractivity contribution in [1.82, 2.24) is 10.3 Å². The van der Waals surface area contributed by atoms with Crippen LogP contribution in [0.2, 0.25) is 0 Å². The molecule has 0 radical (unpaired) electrons. The fourth-order valence-electron chi connectivity index (χ4n) is 5.49. The Morgan fingerprint density at radius 1 is 1.03 bits per heavy atom. The van der Waals surface area contributed by atoms with Crippen LogP contribution in [0.25, 0.3) is 10.9 Å². The molecule has 34 heavy (non-hydrogen) atoms. The fraction of sp³-hybridized carbons (Fsp3) is 0.667. The molecule has 0 unspecified atom stereocenters. The first-order valence-corrected chi connectivity index (χ1v) is 13.1. The molecule has 1 aromatic carbocycles. The number of hydrogen-bond acceptors (Lipinski definition) is 7. The van der Waals surface area contributed by atoms with Crippen molar-refractivity contribution >= 4 is 16.6 Å². The molecule has 1 aliphatic carbocycles. The average Bonchev–Trinajstić information content (AvgIpc) is 3.28. The molecule has 2 aromatic rings. The molecule has 7 heteroatoms. The molecular formula is C27H39N3O4. The Labute approximate surface area is 202 Å². The molecule has 0 bridgehead atoms. The highest BCUT2D eigenvalue weighted by Gasteiger charge is 2.53. The molecular weight excluding hydrogens is 430 g/mol. The maximum Gasteiger partial charge on any atom is 0.190 e. The lowest BCUT2D eigenvalue weighted by molar-refractivity contribution is -0.214. The van der Waals surface area contributed by atoms with E-state index in [1.165, 1.54) is 48.0 Å². The average molecular weight is 470 g/mol. The molecule has 3 N–H and O–H groups in total. The van der Waals surface area contributed by atoms with E-state index in [9.17, 15) is 5.11 Å². The molecule has 2 aliphatic heterocycles. The Morgan fingerprint density at radius 3 is 2.68 bits per heavy atom. The number of ether oxygens (including phenoxy) is 3. The van der Waals surface area contributed by atoms with E-state index in [2.05, 4.69) is 34.9 Å². The molecule has 186 valence electrons. The normalized spacial score (nSPS) is 27.6. The van der Waals surface area contributed by atoms with Gasteiger partial charge in [0.25, 0.3) is 0 Å². The van der Waals surface area contributed by atoms with Gasteiger partial charge in [0.05, 0.1) is 5.52 Å². The van der Waals surface area contributed by atoms with Crippen molar-refractivity contribution in [2.75, 3.05) is 25.0 Å². The minimum Gasteiger partial charge on any atom is -0.387 e. The van der Waals surface area contributed by atoms with Crippen LogP contribution in [0.3, 0.4) is 0 Å². The highest BCUT2D eigenvalue weighted by molar-refractivity contribution is 5.93. The number of benzene rings is 1. The van der Waals surface area contributed by atoms with E-state index in [4.69, 9.17) is 19.2 Å². The standard InChI is InChI=1S/C27H39N3O4/c1-27(2)33-25-24(31)22(32-26(25)34-27)17-28-15-9-3-4-10-16-29-23-18-11-5-7-13-20(18)30-21-14-8-6-12-19(21)23/h5,7,11,13,22,24-26,28,31H,3-4,6,8-10,12,14-17H2,1-2H3,(H,29,30)/t22-,24+,25-,26-/m1/s1. The minimum absolute atomic E-state index is 0.281. The van der Waals surface area contributed by atoms with Gasteiger partial charge in [0.2, 0.25) is 0 Å². The van der Waals surface area contributed by atoms with Gasteiger partial charge >= 0.3 is 0 Å². The summed E-state index contributed by atoms with van der Waals surface area (Å²) in [6.45, 7) is 6.22. The summed E-state index contributed by atoms with van der Waals surface area (Å²) in [6.07, 6.45) is 7.61. The van der Waals surface area contributed by atoms with Crippen molar-refractivity contribution < 1.29 is 19.3 Å². The summed E-state index contributed by atoms with van der Waals surface area (Å²) < 4.78 is 17.3. The van der Waals surface area contributed by atoms with Gasteiger partial charge in [0.15, 0.2) is 12.1 Å². The van der Waals surface area contributed by atoms with Crippen LogP contribution in [0.4, 0.5) is 5.69 Å². The molecule has 2 fully saturated rings. The van der Waals surface area contributed by atoms with Gasteiger partial charge in [-0.3, -0.25) is 4.98 Å². The lowest BCUT2D eigenvalue weighted by atomic mass is 9.92. The summed E-state index contributed by atoms with van der Waals surface area (Å²) in [7, 11) is 0. The Hall–Kier alpha value is -1.77. The first-order chi connectivity index (χ1) is 16.5. The van der Waals surface area contributed by atoms with Crippen LogP contribution in [-0.2, 0) is 27.1 Å². The number of aryl methyl sites for hydroxylation is 1. The number of aromatic nitrogens is 1. The van der Waals surface area contributed by atoms with Gasteiger partial charge in [-0.05, 0) is 70.5 Å². The summed E-state index contributed by atoms with van der Waals surface area (Å²) in [6, 6.07) is 8.52. The first kappa shape index (κ1) is 23.9. The summed E-state index contributed by atoms with van der Waals surface area (Å²) in [4.78, 5) is 4.93. The van der Waals surface area contributed by atoms with Crippen LogP contribution in [0.1, 0.15) is 63.6 Å². The van der Waals surface area contributed by atoms with Crippen LogP contribution in [-0.4, -0.2) is 60.1 Å². The second-order valence-electron chi connectivity index (χ2n) is 10.3. The Morgan fingerprint density at radius 2 is 1.82 bits per heavy atom. The van der Waals surface area contributed by atoms with Gasteiger partial charge < -0.3 is 30.0 Å². The third-order valence-electron chi connectivity index (χ3n) is 7.21. The van der Waals surface area contributed by atoms with Crippen LogP contribution < -0.4 is 10.6 Å². The van der Waals surface area contributed by atoms with E-state index >= 15 is 0 Å². The van der Waals surface area contributed by atoms with E-state index < -0.39 is 24.3 Å². The van der Waals surface area contributed by atoms with Crippen molar-refractivity contribution in [1.29, 1.82) is 0 Å². The van der Waals surface area contributed by atoms with Crippen molar-refractivity contribution in [3.8, 4) is 0 Å². The number of para-hydroxylation sites is 1. The molecule has 3 heterocycles. The number of aliphatic hydroxyl groups is 1. The van der Waals surface area contributed by atoms with Gasteiger partial charge in [-0.15, -0.1) is 0 Å². The topological polar surface area (TPSA) is 84.9 Å². The lowest BCUT2D eigenvalue weighted by Gasteiger charge is -2.23. The number of aliphatic hydroxyl groups excluding tert-OH is 1. The van der Waals surface area contributed by atoms with Crippen LogP contribution >= 0.6 is 0 Å². The zero-order valence-corrected chi connectivity index (χ0v) is 20.5. The smallest absolute Gasteiger partial charge is 0.190 e. The summed E-state index contributed by atoms with van der Waals surface area (Å²) >= 11 is 0. The maximum atomic E-state index is 10.4. The first-order valence-electron chi connectivity index (χ1n) is 13.1. The molecule has 7 nitrogen and oxygen atoms in total. The molecule has 0 saturated carbocycles. The van der Waals surface area contributed by atoms with Crippen molar-refractivity contribution in [2.45, 2.75) is 95.6 Å². The van der Waals surface area contributed by atoms with E-state index in [1.807, 2.05) is 13.8 Å². The van der Waals surface area contributed by atoms with Crippen molar-refractivity contribution in [3.63, 3.8) is 0 Å². The lowest BCUT2D eigenvalue weighted by Crippen LogP contribution is -2.40. The van der Waals surface area contributed by atoms with Crippen molar-refractivity contribution in [2.24, 2.45) is 0 Å². The van der Waals surface area contributed by atoms with Crippen LogP contribution in [0, 0.1) is 0 Å². The van der Waals surface area contributed by atoms with E-state index in [0.29, 0.717) is 6.54 Å². The number of fused-ring (bicyclic) bond motifs is 3. The highest BCUT2D eigenvalue weighted by atomic mass is 16.8. The predicted molar refractivity (Wildman–Crippen MR) is 133 cm³/mol. The number of nitrogens with one attached hydrogen (secondary N) is 2. The number of pyridine rings is 1. The van der Waals surface area contributed by atoms with Gasteiger partial charge in [-0.25, -0.2) is 0 Å². The number of hydrogen-bond donors (Lipinski definition) is 3. The molecule has 1 aromatic heterocycles. The quantitative estimate of drug-likeness (QED) is 0.455. The molecule has 2 saturated heterocycles. The van der Waals surface area contributed by atoms with Crippen molar-refractivity contribution in [3.05, 3.63) is 35.5 Å². The number of rotatable bonds is 10. The van der Waals surface area contributed by atoms with E-state index in [-0.39, 0.29) is 6.10 Å². The number of nitrogens with zero attached hydrogens (tertiary/aromatic N) is 1. The van der Waals surface area contributed by atoms with Gasteiger partial charge in [-0.1, -0.05) is 31.0 Å². The van der Waals surface area contributed by atoms with Crippen LogP contribution in [0.5, 0.6) is 0 Å². The molecule has 3 aliphatic rings. The second kappa shape index (κ2) is 10.5. The number of unbranched alkanes of at least 4 members (excludes halogenated alkanes) is 3. The van der Waals surface area contributed by atoms with E-state index in [0.717, 1.165) is 44.3 Å². The summed E-state index contributed by atoms with van der Waals surface area (Å²) in [5.74, 6) is -0.687. The second-order valence-corrected chi connectivity index (χ2v) is 10.3. The molecule has 0 spiro atoms.